The van der Waals surface area contributed by atoms with Crippen molar-refractivity contribution in [3.8, 4) is 0 Å². The summed E-state index contributed by atoms with van der Waals surface area (Å²) in [6.07, 6.45) is 2.00. The highest BCUT2D eigenvalue weighted by Crippen LogP contribution is 2.39. The molecule has 2 aliphatic rings. The van der Waals surface area contributed by atoms with Crippen LogP contribution in [0, 0.1) is 17.8 Å². The van der Waals surface area contributed by atoms with Gasteiger partial charge < -0.3 is 10.4 Å². The summed E-state index contributed by atoms with van der Waals surface area (Å²) in [6.45, 7) is 1.95. The molecule has 0 radical (unpaired) electrons. The van der Waals surface area contributed by atoms with Crippen LogP contribution in [0.4, 0.5) is 0 Å². The second kappa shape index (κ2) is 2.48. The second-order valence-corrected chi connectivity index (χ2v) is 3.60. The first-order valence-electron chi connectivity index (χ1n) is 4.22. The Hall–Kier alpha value is -0.570. The number of aliphatic carboxylic acids is 1. The monoisotopic (exact) mass is 155 g/mol. The summed E-state index contributed by atoms with van der Waals surface area (Å²) in [6, 6.07) is 0. The molecule has 1 saturated carbocycles. The molecular weight excluding hydrogens is 142 g/mol. The molecule has 2 rings (SSSR count). The van der Waals surface area contributed by atoms with Crippen LogP contribution in [0.25, 0.3) is 0 Å². The summed E-state index contributed by atoms with van der Waals surface area (Å²) in [7, 11) is 0. The van der Waals surface area contributed by atoms with Crippen molar-refractivity contribution in [1.82, 2.24) is 5.32 Å². The van der Waals surface area contributed by atoms with Crippen molar-refractivity contribution in [2.45, 2.75) is 12.8 Å². The van der Waals surface area contributed by atoms with Gasteiger partial charge in [-0.15, -0.1) is 0 Å². The molecule has 11 heavy (non-hydrogen) atoms. The van der Waals surface area contributed by atoms with Gasteiger partial charge >= 0.3 is 5.97 Å². The Labute approximate surface area is 65.8 Å². The zero-order chi connectivity index (χ0) is 7.84. The topological polar surface area (TPSA) is 49.3 Å². The minimum atomic E-state index is -0.596. The van der Waals surface area contributed by atoms with Gasteiger partial charge in [-0.05, 0) is 37.8 Å². The van der Waals surface area contributed by atoms with Gasteiger partial charge in [-0.1, -0.05) is 0 Å². The van der Waals surface area contributed by atoms with E-state index in [2.05, 4.69) is 5.32 Å². The fourth-order valence-corrected chi connectivity index (χ4v) is 2.45. The summed E-state index contributed by atoms with van der Waals surface area (Å²) < 4.78 is 0. The van der Waals surface area contributed by atoms with Gasteiger partial charge in [0.15, 0.2) is 0 Å². The number of fused-ring (bicyclic) bond motifs is 1. The lowest BCUT2D eigenvalue weighted by atomic mass is 9.93. The smallest absolute Gasteiger partial charge is 0.306 e. The van der Waals surface area contributed by atoms with E-state index in [-0.39, 0.29) is 5.92 Å². The van der Waals surface area contributed by atoms with E-state index in [0.717, 1.165) is 25.9 Å². The first-order valence-corrected chi connectivity index (χ1v) is 4.22. The number of carboxylic acids is 1. The molecule has 62 valence electrons. The van der Waals surface area contributed by atoms with Crippen LogP contribution >= 0.6 is 0 Å². The Morgan fingerprint density at radius 1 is 1.36 bits per heavy atom. The summed E-state index contributed by atoms with van der Waals surface area (Å²) >= 11 is 0. The van der Waals surface area contributed by atoms with Crippen LogP contribution in [0.15, 0.2) is 0 Å². The van der Waals surface area contributed by atoms with Crippen molar-refractivity contribution >= 4 is 5.97 Å². The van der Waals surface area contributed by atoms with Gasteiger partial charge in [0, 0.05) is 0 Å². The average molecular weight is 155 g/mol. The fraction of sp³-hybridized carbons (Fsp3) is 0.875. The van der Waals surface area contributed by atoms with E-state index in [9.17, 15) is 4.79 Å². The molecule has 0 aromatic heterocycles. The SMILES string of the molecule is O=C(O)[C@@H]1CC[C@H]2CNC[C@@H]21. The molecule has 1 aliphatic heterocycles. The number of hydrogen-bond acceptors (Lipinski definition) is 2. The Balaban J connectivity index is 2.08. The number of nitrogens with one attached hydrogen (secondary N) is 1. The lowest BCUT2D eigenvalue weighted by Crippen LogP contribution is -2.22. The van der Waals surface area contributed by atoms with Gasteiger partial charge in [-0.2, -0.15) is 0 Å². The van der Waals surface area contributed by atoms with E-state index in [0.29, 0.717) is 11.8 Å². The molecule has 3 heteroatoms. The second-order valence-electron chi connectivity index (χ2n) is 3.60. The third-order valence-corrected chi connectivity index (χ3v) is 3.07. The molecule has 0 aromatic rings. The normalized spacial score (nSPS) is 42.4. The zero-order valence-electron chi connectivity index (χ0n) is 6.42. The van der Waals surface area contributed by atoms with Gasteiger partial charge in [0.05, 0.1) is 5.92 Å². The number of rotatable bonds is 1. The highest BCUT2D eigenvalue weighted by Gasteiger charge is 2.42. The van der Waals surface area contributed by atoms with E-state index in [1.54, 1.807) is 0 Å². The highest BCUT2D eigenvalue weighted by atomic mass is 16.4. The third kappa shape index (κ3) is 1.03. The van der Waals surface area contributed by atoms with Crippen molar-refractivity contribution in [2.24, 2.45) is 17.8 Å². The maximum atomic E-state index is 10.7. The quantitative estimate of drug-likeness (QED) is 0.573. The zero-order valence-corrected chi connectivity index (χ0v) is 6.42. The van der Waals surface area contributed by atoms with E-state index in [1.807, 2.05) is 0 Å². The minimum Gasteiger partial charge on any atom is -0.481 e. The predicted octanol–water partition coefficient (Wildman–Crippen LogP) is 0.317. The Morgan fingerprint density at radius 3 is 2.91 bits per heavy atom. The van der Waals surface area contributed by atoms with Crippen molar-refractivity contribution in [1.29, 1.82) is 0 Å². The molecule has 0 unspecified atom stereocenters. The molecule has 3 atom stereocenters. The number of hydrogen-bond donors (Lipinski definition) is 2. The van der Waals surface area contributed by atoms with E-state index < -0.39 is 5.97 Å². The van der Waals surface area contributed by atoms with Crippen LogP contribution in [0.1, 0.15) is 12.8 Å². The summed E-state index contributed by atoms with van der Waals surface area (Å²) in [4.78, 5) is 10.7. The molecule has 1 aliphatic carbocycles. The molecule has 1 heterocycles. The highest BCUT2D eigenvalue weighted by molar-refractivity contribution is 5.71. The number of carbonyl (C=O) groups is 1. The fourth-order valence-electron chi connectivity index (χ4n) is 2.45. The molecule has 3 nitrogen and oxygen atoms in total. The van der Waals surface area contributed by atoms with Gasteiger partial charge in [0.1, 0.15) is 0 Å². The van der Waals surface area contributed by atoms with Crippen LogP contribution in [-0.2, 0) is 4.79 Å². The molecule has 0 bridgehead atoms. The van der Waals surface area contributed by atoms with E-state index in [1.165, 1.54) is 0 Å². The van der Waals surface area contributed by atoms with E-state index in [4.69, 9.17) is 5.11 Å². The van der Waals surface area contributed by atoms with Crippen molar-refractivity contribution in [3.05, 3.63) is 0 Å². The van der Waals surface area contributed by atoms with Crippen molar-refractivity contribution in [2.75, 3.05) is 13.1 Å². The Bertz CT molecular complexity index is 181. The van der Waals surface area contributed by atoms with Gasteiger partial charge in [0.25, 0.3) is 0 Å². The minimum absolute atomic E-state index is 0.0602. The molecule has 0 spiro atoms. The first kappa shape index (κ1) is 7.10. The van der Waals surface area contributed by atoms with Crippen LogP contribution in [-0.4, -0.2) is 24.2 Å². The molecule has 2 N–H and O–H groups in total. The van der Waals surface area contributed by atoms with Crippen LogP contribution in [0.5, 0.6) is 0 Å². The lowest BCUT2D eigenvalue weighted by molar-refractivity contribution is -0.142. The van der Waals surface area contributed by atoms with E-state index >= 15 is 0 Å². The van der Waals surface area contributed by atoms with Crippen molar-refractivity contribution in [3.63, 3.8) is 0 Å². The maximum absolute atomic E-state index is 10.7. The predicted molar refractivity (Wildman–Crippen MR) is 40.2 cm³/mol. The largest absolute Gasteiger partial charge is 0.481 e. The summed E-state index contributed by atoms with van der Waals surface area (Å²) in [5.74, 6) is 0.416. The molecule has 0 amide bonds. The molecular formula is C8H13NO2. The Morgan fingerprint density at radius 2 is 2.18 bits per heavy atom. The first-order chi connectivity index (χ1) is 5.29. The third-order valence-electron chi connectivity index (χ3n) is 3.07. The summed E-state index contributed by atoms with van der Waals surface area (Å²) in [5, 5.41) is 12.1. The van der Waals surface area contributed by atoms with Gasteiger partial charge in [-0.3, -0.25) is 4.79 Å². The van der Waals surface area contributed by atoms with Crippen LogP contribution < -0.4 is 5.32 Å². The summed E-state index contributed by atoms with van der Waals surface area (Å²) in [5.41, 5.74) is 0. The lowest BCUT2D eigenvalue weighted by Gasteiger charge is -2.11. The standard InChI is InChI=1S/C8H13NO2/c10-8(11)6-2-1-5-3-9-4-7(5)6/h5-7,9H,1-4H2,(H,10,11)/t5-,6+,7-/m0/s1. The van der Waals surface area contributed by atoms with Crippen molar-refractivity contribution < 1.29 is 9.90 Å². The average Bonchev–Trinajstić information content (AvgIpc) is 2.41. The van der Waals surface area contributed by atoms with Gasteiger partial charge in [0.2, 0.25) is 0 Å². The molecule has 0 aromatic carbocycles. The number of carboxylic acid groups (broad SMARTS) is 1. The Kier molecular flexibility index (Phi) is 1.60. The maximum Gasteiger partial charge on any atom is 0.306 e. The molecule has 2 fully saturated rings. The van der Waals surface area contributed by atoms with Crippen LogP contribution in [0.2, 0.25) is 0 Å². The van der Waals surface area contributed by atoms with Gasteiger partial charge in [-0.25, -0.2) is 0 Å². The van der Waals surface area contributed by atoms with Crippen LogP contribution in [0.3, 0.4) is 0 Å². The molecule has 1 saturated heterocycles.